The van der Waals surface area contributed by atoms with E-state index in [0.717, 1.165) is 0 Å². The number of rotatable bonds is 5. The molecule has 1 saturated heterocycles. The summed E-state index contributed by atoms with van der Waals surface area (Å²) in [5, 5.41) is -1.70. The number of hydrogen-bond acceptors (Lipinski definition) is 5. The van der Waals surface area contributed by atoms with Crippen LogP contribution >= 0.6 is 0 Å². The van der Waals surface area contributed by atoms with Gasteiger partial charge in [0, 0.05) is 13.0 Å². The first-order chi connectivity index (χ1) is 9.46. The van der Waals surface area contributed by atoms with Gasteiger partial charge in [0.1, 0.15) is 5.25 Å². The normalized spacial score (nSPS) is 20.8. The van der Waals surface area contributed by atoms with Crippen LogP contribution in [-0.2, 0) is 24.5 Å². The van der Waals surface area contributed by atoms with Crippen LogP contribution in [0.1, 0.15) is 13.3 Å². The van der Waals surface area contributed by atoms with Crippen LogP contribution in [-0.4, -0.2) is 49.6 Å². The molecule has 1 heterocycles. The van der Waals surface area contributed by atoms with Crippen molar-refractivity contribution in [2.45, 2.75) is 24.8 Å². The number of likely N-dealkylation sites (tertiary alicyclic amines) is 1. The summed E-state index contributed by atoms with van der Waals surface area (Å²) in [5.41, 5.74) is 0. The number of carbonyl (C=O) groups excluding carboxylic acids is 2. The van der Waals surface area contributed by atoms with Gasteiger partial charge in [-0.15, -0.1) is 3.89 Å². The number of carbonyl (C=O) groups is 2. The van der Waals surface area contributed by atoms with E-state index < -0.39 is 52.2 Å². The summed E-state index contributed by atoms with van der Waals surface area (Å²) in [4.78, 5) is 22.9. The van der Waals surface area contributed by atoms with Crippen molar-refractivity contribution in [1.29, 1.82) is 0 Å². The molecule has 1 fully saturated rings. The molecule has 1 unspecified atom stereocenters. The first-order valence-corrected chi connectivity index (χ1v) is 7.11. The zero-order valence-corrected chi connectivity index (χ0v) is 11.5. The molecule has 21 heavy (non-hydrogen) atoms. The quantitative estimate of drug-likeness (QED) is 0.323. The Hall–Kier alpha value is -1.65. The number of allylic oxidation sites excluding steroid dienone is 1. The maximum Gasteiger partial charge on any atom is 0.454 e. The third-order valence-electron chi connectivity index (χ3n) is 2.58. The number of alkyl halides is 3. The van der Waals surface area contributed by atoms with E-state index in [-0.39, 0.29) is 12.7 Å². The summed E-state index contributed by atoms with van der Waals surface area (Å²) >= 11 is 0. The standard InChI is InChI=1S/C10H11F4NO5S/c1-2-20-9(4-7(16)10(11,12)13)15-5-6(3-8(15)17)21(14,18)19/h4,6H,2-3,5H2,1H3. The molecule has 120 valence electrons. The molecule has 0 saturated carbocycles. The second-order valence-corrected chi connectivity index (χ2v) is 5.70. The minimum atomic E-state index is -5.17. The molecule has 0 radical (unpaired) electrons. The molecule has 0 aromatic rings. The van der Waals surface area contributed by atoms with Gasteiger partial charge in [0.25, 0.3) is 5.78 Å². The number of hydrogen-bond donors (Lipinski definition) is 0. The van der Waals surface area contributed by atoms with Crippen LogP contribution in [0.3, 0.4) is 0 Å². The Balaban J connectivity index is 3.05. The molecule has 0 N–H and O–H groups in total. The summed E-state index contributed by atoms with van der Waals surface area (Å²) in [5.74, 6) is -3.97. The topological polar surface area (TPSA) is 80.8 Å². The lowest BCUT2D eigenvalue weighted by Crippen LogP contribution is -2.30. The SMILES string of the molecule is CCOC(=CC(=O)C(F)(F)F)N1CC(S(=O)(=O)F)CC1=O. The zero-order chi connectivity index (χ0) is 16.4. The number of nitrogens with zero attached hydrogens (tertiary/aromatic N) is 1. The highest BCUT2D eigenvalue weighted by atomic mass is 32.3. The highest BCUT2D eigenvalue weighted by Gasteiger charge is 2.42. The number of amides is 1. The lowest BCUT2D eigenvalue weighted by molar-refractivity contribution is -0.165. The number of halogens is 4. The second-order valence-electron chi connectivity index (χ2n) is 4.08. The van der Waals surface area contributed by atoms with Crippen molar-refractivity contribution < 1.29 is 39.8 Å². The molecule has 1 aliphatic rings. The fourth-order valence-electron chi connectivity index (χ4n) is 1.62. The third-order valence-corrected chi connectivity index (χ3v) is 3.69. The summed E-state index contributed by atoms with van der Waals surface area (Å²) in [6, 6.07) is 0. The molecule has 0 aromatic heterocycles. The van der Waals surface area contributed by atoms with E-state index in [9.17, 15) is 35.1 Å². The Labute approximate surface area is 117 Å². The van der Waals surface area contributed by atoms with Crippen molar-refractivity contribution in [1.82, 2.24) is 4.90 Å². The molecule has 1 amide bonds. The van der Waals surface area contributed by atoms with Gasteiger partial charge in [0.05, 0.1) is 12.7 Å². The Kier molecular flexibility index (Phi) is 4.97. The van der Waals surface area contributed by atoms with Crippen LogP contribution < -0.4 is 0 Å². The largest absolute Gasteiger partial charge is 0.479 e. The van der Waals surface area contributed by atoms with Gasteiger partial charge in [-0.3, -0.25) is 14.5 Å². The molecule has 11 heteroatoms. The minimum Gasteiger partial charge on any atom is -0.479 e. The van der Waals surface area contributed by atoms with E-state index in [1.807, 2.05) is 0 Å². The zero-order valence-electron chi connectivity index (χ0n) is 10.7. The average Bonchev–Trinajstić information content (AvgIpc) is 2.69. The van der Waals surface area contributed by atoms with Crippen LogP contribution in [0.4, 0.5) is 17.1 Å². The van der Waals surface area contributed by atoms with Gasteiger partial charge in [0.15, 0.2) is 5.88 Å². The van der Waals surface area contributed by atoms with Crippen LogP contribution in [0.5, 0.6) is 0 Å². The van der Waals surface area contributed by atoms with Crippen molar-refractivity contribution in [3.8, 4) is 0 Å². The number of ketones is 1. The Morgan fingerprint density at radius 3 is 2.43 bits per heavy atom. The van der Waals surface area contributed by atoms with E-state index in [1.165, 1.54) is 6.92 Å². The Bertz CT molecular complexity index is 568. The van der Waals surface area contributed by atoms with Crippen LogP contribution in [0.25, 0.3) is 0 Å². The smallest absolute Gasteiger partial charge is 0.454 e. The van der Waals surface area contributed by atoms with E-state index in [4.69, 9.17) is 4.74 Å². The fourth-order valence-corrected chi connectivity index (χ4v) is 2.28. The van der Waals surface area contributed by atoms with Crippen molar-refractivity contribution in [3.63, 3.8) is 0 Å². The molecule has 0 aromatic carbocycles. The maximum atomic E-state index is 12.8. The van der Waals surface area contributed by atoms with Crippen LogP contribution in [0.2, 0.25) is 0 Å². The molecule has 0 spiro atoms. The second kappa shape index (κ2) is 6.00. The third kappa shape index (κ3) is 4.41. The van der Waals surface area contributed by atoms with E-state index in [1.54, 1.807) is 0 Å². The van der Waals surface area contributed by atoms with Crippen LogP contribution in [0, 0.1) is 0 Å². The lowest BCUT2D eigenvalue weighted by atomic mass is 10.3. The summed E-state index contributed by atoms with van der Waals surface area (Å²) in [6.45, 7) is 0.498. The summed E-state index contributed by atoms with van der Waals surface area (Å²) in [6.07, 6.45) is -5.87. The summed E-state index contributed by atoms with van der Waals surface area (Å²) in [7, 11) is -5.03. The van der Waals surface area contributed by atoms with Crippen molar-refractivity contribution >= 4 is 21.9 Å². The fraction of sp³-hybridized carbons (Fsp3) is 0.600. The van der Waals surface area contributed by atoms with Crippen molar-refractivity contribution in [3.05, 3.63) is 12.0 Å². The highest BCUT2D eigenvalue weighted by molar-refractivity contribution is 7.87. The highest BCUT2D eigenvalue weighted by Crippen LogP contribution is 2.25. The van der Waals surface area contributed by atoms with Gasteiger partial charge >= 0.3 is 16.4 Å². The Morgan fingerprint density at radius 2 is 2.05 bits per heavy atom. The molecular weight excluding hydrogens is 322 g/mol. The van der Waals surface area contributed by atoms with Gasteiger partial charge in [-0.25, -0.2) is 0 Å². The van der Waals surface area contributed by atoms with Gasteiger partial charge in [-0.05, 0) is 6.92 Å². The lowest BCUT2D eigenvalue weighted by Gasteiger charge is -2.19. The monoisotopic (exact) mass is 333 g/mol. The van der Waals surface area contributed by atoms with Crippen molar-refractivity contribution in [2.75, 3.05) is 13.2 Å². The molecule has 0 aliphatic carbocycles. The first-order valence-electron chi connectivity index (χ1n) is 5.66. The molecule has 6 nitrogen and oxygen atoms in total. The van der Waals surface area contributed by atoms with Gasteiger partial charge in [-0.1, -0.05) is 0 Å². The molecule has 1 aliphatic heterocycles. The number of ether oxygens (including phenoxy) is 1. The first kappa shape index (κ1) is 17.4. The minimum absolute atomic E-state index is 0.0363. The van der Waals surface area contributed by atoms with E-state index in [2.05, 4.69) is 0 Å². The van der Waals surface area contributed by atoms with Gasteiger partial charge < -0.3 is 4.74 Å². The van der Waals surface area contributed by atoms with E-state index in [0.29, 0.717) is 4.90 Å². The Morgan fingerprint density at radius 1 is 1.48 bits per heavy atom. The molecular formula is C10H11F4NO5S. The molecule has 1 atom stereocenters. The summed E-state index contributed by atoms with van der Waals surface area (Å²) < 4.78 is 75.6. The predicted molar refractivity (Wildman–Crippen MR) is 60.9 cm³/mol. The van der Waals surface area contributed by atoms with Gasteiger partial charge in [-0.2, -0.15) is 21.6 Å². The van der Waals surface area contributed by atoms with Crippen LogP contribution in [0.15, 0.2) is 12.0 Å². The molecule has 1 rings (SSSR count). The molecule has 0 bridgehead atoms. The van der Waals surface area contributed by atoms with E-state index >= 15 is 0 Å². The predicted octanol–water partition coefficient (Wildman–Crippen LogP) is 0.896. The maximum absolute atomic E-state index is 12.8. The van der Waals surface area contributed by atoms with Crippen molar-refractivity contribution in [2.24, 2.45) is 0 Å². The van der Waals surface area contributed by atoms with Gasteiger partial charge in [0.2, 0.25) is 5.91 Å². The average molecular weight is 333 g/mol.